The minimum Gasteiger partial charge on any atom is -0.306 e. The molecule has 0 bridgehead atoms. The van der Waals surface area contributed by atoms with E-state index in [0.717, 1.165) is 28.9 Å². The number of hydrogen-bond acceptors (Lipinski definition) is 2. The molecule has 0 saturated carbocycles. The summed E-state index contributed by atoms with van der Waals surface area (Å²) < 4.78 is 0.576. The van der Waals surface area contributed by atoms with Gasteiger partial charge in [0.1, 0.15) is 0 Å². The topological polar surface area (TPSA) is 33.2 Å². The van der Waals surface area contributed by atoms with E-state index in [1.807, 2.05) is 48.2 Å². The first-order valence-electron chi connectivity index (χ1n) is 9.99. The molecule has 1 amide bonds. The summed E-state index contributed by atoms with van der Waals surface area (Å²) in [4.78, 5) is 19.6. The summed E-state index contributed by atoms with van der Waals surface area (Å²) in [5, 5.41) is 2.32. The second-order valence-corrected chi connectivity index (χ2v) is 8.80. The summed E-state index contributed by atoms with van der Waals surface area (Å²) in [6, 6.07) is 20.4. The second kappa shape index (κ2) is 11.5. The molecule has 0 radical (unpaired) electrons. The molecule has 2 aromatic carbocycles. The van der Waals surface area contributed by atoms with Gasteiger partial charge in [-0.05, 0) is 30.0 Å². The van der Waals surface area contributed by atoms with Crippen molar-refractivity contribution in [2.75, 3.05) is 4.90 Å². The number of pyridine rings is 1. The summed E-state index contributed by atoms with van der Waals surface area (Å²) in [7, 11) is 0. The van der Waals surface area contributed by atoms with Gasteiger partial charge in [0.15, 0.2) is 0 Å². The van der Waals surface area contributed by atoms with E-state index >= 15 is 0 Å². The van der Waals surface area contributed by atoms with Crippen LogP contribution in [0.25, 0.3) is 10.8 Å². The Morgan fingerprint density at radius 3 is 2.45 bits per heavy atom. The van der Waals surface area contributed by atoms with Gasteiger partial charge in [-0.25, -0.2) is 0 Å². The monoisotopic (exact) mass is 522 g/mol. The van der Waals surface area contributed by atoms with E-state index in [1.54, 1.807) is 0 Å². The Morgan fingerprint density at radius 2 is 1.76 bits per heavy atom. The number of aromatic nitrogens is 1. The van der Waals surface area contributed by atoms with Gasteiger partial charge in [0, 0.05) is 33.5 Å². The number of halogens is 2. The van der Waals surface area contributed by atoms with Gasteiger partial charge >= 0.3 is 0 Å². The average molecular weight is 523 g/mol. The van der Waals surface area contributed by atoms with Crippen LogP contribution >= 0.6 is 35.0 Å². The van der Waals surface area contributed by atoms with Crippen molar-refractivity contribution < 1.29 is 4.79 Å². The molecule has 0 fully saturated rings. The first-order chi connectivity index (χ1) is 13.6. The van der Waals surface area contributed by atoms with E-state index in [9.17, 15) is 4.79 Å². The minimum absolute atomic E-state index is 0. The lowest BCUT2D eigenvalue weighted by molar-refractivity contribution is -0.118. The summed E-state index contributed by atoms with van der Waals surface area (Å²) in [6.45, 7) is 4.62. The number of para-hydroxylation sites is 1. The molecule has 0 aliphatic carbocycles. The van der Waals surface area contributed by atoms with Gasteiger partial charge in [-0.2, -0.15) is 0 Å². The molecule has 5 heteroatoms. The van der Waals surface area contributed by atoms with Crippen LogP contribution in [-0.2, 0) is 17.8 Å². The molecule has 0 aliphatic rings. The molecule has 29 heavy (non-hydrogen) atoms. The van der Waals surface area contributed by atoms with Crippen molar-refractivity contribution in [2.45, 2.75) is 50.0 Å². The maximum Gasteiger partial charge on any atom is 0.227 e. The zero-order valence-corrected chi connectivity index (χ0v) is 19.9. The number of hydrogen-bond donors (Lipinski definition) is 0. The first-order valence-corrected chi connectivity index (χ1v) is 11.2. The standard InChI is InChI=1S/C24H27IN2O.ClH/c1-3-10-19(25)16-20-15-18-11-8-9-14-22(18)23(26-20)17-27(24(28)4-2)21-12-6-5-7-13-21;/h5-9,11-15,19H,3-4,10,16-17H2,1-2H3;1H. The molecule has 0 aliphatic heterocycles. The van der Waals surface area contributed by atoms with E-state index in [4.69, 9.17) is 4.98 Å². The molecule has 0 N–H and O–H groups in total. The van der Waals surface area contributed by atoms with E-state index in [1.165, 1.54) is 18.2 Å². The predicted octanol–water partition coefficient (Wildman–Crippen LogP) is 6.75. The van der Waals surface area contributed by atoms with Crippen LogP contribution in [0.4, 0.5) is 5.69 Å². The number of carbonyl (C=O) groups excluding carboxylic acids is 1. The van der Waals surface area contributed by atoms with Crippen LogP contribution in [0.5, 0.6) is 0 Å². The SMILES string of the molecule is CCCC(I)Cc1cc2ccccc2c(CN(C(=O)CC)c2ccccc2)n1.Cl. The van der Waals surface area contributed by atoms with Crippen LogP contribution in [0.3, 0.4) is 0 Å². The normalized spacial score (nSPS) is 11.7. The number of nitrogens with zero attached hydrogens (tertiary/aromatic N) is 2. The van der Waals surface area contributed by atoms with E-state index in [2.05, 4.69) is 53.8 Å². The molecule has 0 saturated heterocycles. The molecular formula is C24H28ClIN2O. The Hall–Kier alpha value is -1.66. The zero-order chi connectivity index (χ0) is 19.9. The summed E-state index contributed by atoms with van der Waals surface area (Å²) in [6.07, 6.45) is 3.80. The lowest BCUT2D eigenvalue weighted by Gasteiger charge is -2.23. The van der Waals surface area contributed by atoms with Gasteiger partial charge in [0.25, 0.3) is 0 Å². The summed E-state index contributed by atoms with van der Waals surface area (Å²) in [5.41, 5.74) is 3.00. The maximum absolute atomic E-state index is 12.7. The van der Waals surface area contributed by atoms with Crippen LogP contribution in [0.1, 0.15) is 44.5 Å². The van der Waals surface area contributed by atoms with Crippen LogP contribution in [-0.4, -0.2) is 14.8 Å². The highest BCUT2D eigenvalue weighted by atomic mass is 127. The highest BCUT2D eigenvalue weighted by molar-refractivity contribution is 14.1. The minimum atomic E-state index is 0. The predicted molar refractivity (Wildman–Crippen MR) is 133 cm³/mol. The van der Waals surface area contributed by atoms with Crippen molar-refractivity contribution in [1.29, 1.82) is 0 Å². The molecule has 0 spiro atoms. The largest absolute Gasteiger partial charge is 0.306 e. The third-order valence-electron chi connectivity index (χ3n) is 4.88. The van der Waals surface area contributed by atoms with Crippen molar-refractivity contribution >= 4 is 57.4 Å². The lowest BCUT2D eigenvalue weighted by Crippen LogP contribution is -2.30. The number of carbonyl (C=O) groups is 1. The van der Waals surface area contributed by atoms with Crippen LogP contribution in [0.15, 0.2) is 60.7 Å². The van der Waals surface area contributed by atoms with Crippen molar-refractivity contribution in [1.82, 2.24) is 4.98 Å². The summed E-state index contributed by atoms with van der Waals surface area (Å²) in [5.74, 6) is 0.111. The Labute approximate surface area is 193 Å². The Morgan fingerprint density at radius 1 is 1.07 bits per heavy atom. The van der Waals surface area contributed by atoms with Crippen molar-refractivity contribution in [3.8, 4) is 0 Å². The van der Waals surface area contributed by atoms with Gasteiger partial charge in [-0.15, -0.1) is 12.4 Å². The molecule has 154 valence electrons. The number of anilines is 1. The number of alkyl halides is 1. The van der Waals surface area contributed by atoms with Crippen molar-refractivity contribution in [3.63, 3.8) is 0 Å². The average Bonchev–Trinajstić information content (AvgIpc) is 2.72. The molecule has 1 heterocycles. The van der Waals surface area contributed by atoms with Gasteiger partial charge in [-0.3, -0.25) is 9.78 Å². The molecule has 3 aromatic rings. The van der Waals surface area contributed by atoms with Gasteiger partial charge < -0.3 is 4.90 Å². The summed E-state index contributed by atoms with van der Waals surface area (Å²) >= 11 is 2.53. The highest BCUT2D eigenvalue weighted by Crippen LogP contribution is 2.25. The molecule has 3 nitrogen and oxygen atoms in total. The number of benzene rings is 2. The van der Waals surface area contributed by atoms with E-state index in [-0.39, 0.29) is 18.3 Å². The van der Waals surface area contributed by atoms with Crippen molar-refractivity contribution in [2.24, 2.45) is 0 Å². The third-order valence-corrected chi connectivity index (χ3v) is 5.95. The fourth-order valence-corrected chi connectivity index (χ4v) is 4.54. The first kappa shape index (κ1) is 23.6. The van der Waals surface area contributed by atoms with Crippen LogP contribution in [0, 0.1) is 0 Å². The molecule has 1 unspecified atom stereocenters. The van der Waals surface area contributed by atoms with E-state index in [0.29, 0.717) is 16.9 Å². The molecule has 3 rings (SSSR count). The Balaban J connectivity index is 0.00000300. The Kier molecular flexibility index (Phi) is 9.37. The van der Waals surface area contributed by atoms with E-state index < -0.39 is 0 Å². The fraction of sp³-hybridized carbons (Fsp3) is 0.333. The number of rotatable bonds is 8. The highest BCUT2D eigenvalue weighted by Gasteiger charge is 2.18. The van der Waals surface area contributed by atoms with Crippen LogP contribution in [0.2, 0.25) is 0 Å². The smallest absolute Gasteiger partial charge is 0.227 e. The van der Waals surface area contributed by atoms with Gasteiger partial charge in [0.2, 0.25) is 5.91 Å². The second-order valence-electron chi connectivity index (χ2n) is 7.04. The maximum atomic E-state index is 12.7. The van der Waals surface area contributed by atoms with Gasteiger partial charge in [-0.1, -0.05) is 85.3 Å². The van der Waals surface area contributed by atoms with Crippen molar-refractivity contribution in [3.05, 3.63) is 72.1 Å². The van der Waals surface area contributed by atoms with Gasteiger partial charge in [0.05, 0.1) is 12.2 Å². The molecular weight excluding hydrogens is 495 g/mol. The zero-order valence-electron chi connectivity index (χ0n) is 17.0. The number of fused-ring (bicyclic) bond motifs is 1. The van der Waals surface area contributed by atoms with Crippen LogP contribution < -0.4 is 4.90 Å². The quantitative estimate of drug-likeness (QED) is 0.242. The fourth-order valence-electron chi connectivity index (χ4n) is 3.47. The molecule has 1 atom stereocenters. The molecule has 1 aromatic heterocycles. The lowest BCUT2D eigenvalue weighted by atomic mass is 10.0. The number of amides is 1. The Bertz CT molecular complexity index is 933. The third kappa shape index (κ3) is 6.16.